The molecule has 0 saturated carbocycles. The average Bonchev–Trinajstić information content (AvgIpc) is 3.30. The van der Waals surface area contributed by atoms with E-state index in [1.807, 2.05) is 206 Å². The van der Waals surface area contributed by atoms with Crippen molar-refractivity contribution in [2.75, 3.05) is 0 Å². The fourth-order valence-corrected chi connectivity index (χ4v) is 5.97. The summed E-state index contributed by atoms with van der Waals surface area (Å²) in [6.45, 7) is 0. The number of benzene rings is 8. The van der Waals surface area contributed by atoms with Crippen LogP contribution in [0, 0.1) is 59.2 Å². The second-order valence-corrected chi connectivity index (χ2v) is 13.5. The number of rotatable bonds is 4. The van der Waals surface area contributed by atoms with Gasteiger partial charge in [-0.3, -0.25) is 0 Å². The van der Waals surface area contributed by atoms with Crippen LogP contribution in [0.15, 0.2) is 206 Å². The summed E-state index contributed by atoms with van der Waals surface area (Å²) in [5.74, 6) is 35.1. The van der Waals surface area contributed by atoms with Crippen LogP contribution in [-0.4, -0.2) is 0 Å². The molecule has 2 heteroatoms. The lowest BCUT2D eigenvalue weighted by molar-refractivity contribution is 0.460. The predicted octanol–water partition coefficient (Wildman–Crippen LogP) is 12.3. The fraction of sp³-hybridized carbons (Fsp3) is 0. The first kappa shape index (κ1) is 38.1. The van der Waals surface area contributed by atoms with Crippen molar-refractivity contribution >= 4 is 0 Å². The van der Waals surface area contributed by atoms with Crippen LogP contribution in [-0.2, 0) is 0 Å². The Morgan fingerprint density at radius 1 is 0.183 bits per heavy atom. The largest absolute Gasteiger partial charge is 0.457 e. The van der Waals surface area contributed by atoms with Gasteiger partial charge in [0.1, 0.15) is 23.0 Å². The Morgan fingerprint density at radius 3 is 0.600 bits per heavy atom. The summed E-state index contributed by atoms with van der Waals surface area (Å²) in [6.07, 6.45) is 0. The van der Waals surface area contributed by atoms with Crippen molar-refractivity contribution in [1.29, 1.82) is 0 Å². The molecule has 0 spiro atoms. The maximum absolute atomic E-state index is 6.63. The first-order valence-corrected chi connectivity index (χ1v) is 19.3. The van der Waals surface area contributed by atoms with Gasteiger partial charge in [-0.2, -0.15) is 0 Å². The van der Waals surface area contributed by atoms with Crippen molar-refractivity contribution in [2.45, 2.75) is 0 Å². The fourth-order valence-electron chi connectivity index (χ4n) is 5.97. The Labute approximate surface area is 352 Å². The summed E-state index contributed by atoms with van der Waals surface area (Å²) >= 11 is 0. The summed E-state index contributed by atoms with van der Waals surface area (Å²) in [5.41, 5.74) is 8.32. The first-order chi connectivity index (χ1) is 29.6. The van der Waals surface area contributed by atoms with Gasteiger partial charge >= 0.3 is 0 Å². The molecule has 0 fully saturated rings. The lowest BCUT2D eigenvalue weighted by Gasteiger charge is -2.12. The molecular weight excluding hydrogens is 729 g/mol. The summed E-state index contributed by atoms with van der Waals surface area (Å²) in [6, 6.07) is 66.7. The van der Waals surface area contributed by atoms with Crippen molar-refractivity contribution in [3.8, 4) is 82.2 Å². The van der Waals surface area contributed by atoms with Gasteiger partial charge in [0.2, 0.25) is 0 Å². The average molecular weight is 763 g/mol. The SMILES string of the molecule is C(#Cc1cc(C#Cc2ccccc2)cc(Oc2cc(C#Cc3ccccc3)cc(Oc3cc(C#Cc4ccccc4)cc(C#Cc4ccccc4)c3)c2)c1)c1ccccc1. The van der Waals surface area contributed by atoms with Crippen molar-refractivity contribution in [1.82, 2.24) is 0 Å². The lowest BCUT2D eigenvalue weighted by Crippen LogP contribution is -1.92. The highest BCUT2D eigenvalue weighted by molar-refractivity contribution is 5.57. The molecular formula is C58H34O2. The zero-order valence-electron chi connectivity index (χ0n) is 32.4. The van der Waals surface area contributed by atoms with E-state index in [1.54, 1.807) is 0 Å². The highest BCUT2D eigenvalue weighted by Crippen LogP contribution is 2.32. The van der Waals surface area contributed by atoms with Crippen LogP contribution in [0.25, 0.3) is 0 Å². The van der Waals surface area contributed by atoms with E-state index in [0.29, 0.717) is 28.6 Å². The van der Waals surface area contributed by atoms with E-state index in [9.17, 15) is 0 Å². The van der Waals surface area contributed by atoms with E-state index in [-0.39, 0.29) is 0 Å². The van der Waals surface area contributed by atoms with Gasteiger partial charge in [-0.25, -0.2) is 0 Å². The molecule has 0 bridgehead atoms. The van der Waals surface area contributed by atoms with Gasteiger partial charge in [0.15, 0.2) is 0 Å². The molecule has 8 aromatic carbocycles. The first-order valence-electron chi connectivity index (χ1n) is 19.3. The number of ether oxygens (including phenoxy) is 2. The molecule has 0 atom stereocenters. The van der Waals surface area contributed by atoms with E-state index in [0.717, 1.165) is 50.1 Å². The maximum Gasteiger partial charge on any atom is 0.132 e. The molecule has 0 N–H and O–H groups in total. The summed E-state index contributed by atoms with van der Waals surface area (Å²) in [5, 5.41) is 0. The van der Waals surface area contributed by atoms with Crippen LogP contribution in [0.2, 0.25) is 0 Å². The highest BCUT2D eigenvalue weighted by atomic mass is 16.5. The Balaban J connectivity index is 1.18. The molecule has 60 heavy (non-hydrogen) atoms. The molecule has 0 heterocycles. The minimum atomic E-state index is 0.532. The molecule has 8 aromatic rings. The third-order valence-electron chi connectivity index (χ3n) is 8.79. The molecule has 8 rings (SSSR count). The van der Waals surface area contributed by atoms with Crippen molar-refractivity contribution in [3.63, 3.8) is 0 Å². The van der Waals surface area contributed by atoms with Crippen molar-refractivity contribution in [3.05, 3.63) is 262 Å². The third-order valence-corrected chi connectivity index (χ3v) is 8.79. The normalized spacial score (nSPS) is 9.67. The molecule has 0 aliphatic rings. The van der Waals surface area contributed by atoms with Crippen LogP contribution in [0.3, 0.4) is 0 Å². The zero-order valence-corrected chi connectivity index (χ0v) is 32.4. The van der Waals surface area contributed by atoms with Gasteiger partial charge in [0.05, 0.1) is 0 Å². The molecule has 0 radical (unpaired) electrons. The monoisotopic (exact) mass is 762 g/mol. The van der Waals surface area contributed by atoms with E-state index in [2.05, 4.69) is 59.2 Å². The van der Waals surface area contributed by atoms with Crippen molar-refractivity contribution < 1.29 is 9.47 Å². The van der Waals surface area contributed by atoms with Gasteiger partial charge in [-0.1, -0.05) is 150 Å². The van der Waals surface area contributed by atoms with E-state index < -0.39 is 0 Å². The van der Waals surface area contributed by atoms with Crippen molar-refractivity contribution in [2.24, 2.45) is 0 Å². The minimum Gasteiger partial charge on any atom is -0.457 e. The third kappa shape index (κ3) is 11.4. The molecule has 0 unspecified atom stereocenters. The lowest BCUT2D eigenvalue weighted by atomic mass is 10.1. The van der Waals surface area contributed by atoms with Crippen LogP contribution >= 0.6 is 0 Å². The standard InChI is InChI=1S/C58H34O2/c1-6-16-45(17-7-1)26-31-50-36-51(32-27-46-18-8-2-9-19-46)39-55(38-50)59-57-42-54(35-30-49-24-14-5-15-25-49)43-58(44-57)60-56-40-52(33-28-47-20-10-3-11-21-47)37-53(41-56)34-29-48-22-12-4-13-23-48/h1-25,36-44H. The molecule has 0 aliphatic carbocycles. The molecule has 0 aromatic heterocycles. The Kier molecular flexibility index (Phi) is 12.3. The zero-order chi connectivity index (χ0) is 40.6. The van der Waals surface area contributed by atoms with Crippen LogP contribution in [0.1, 0.15) is 55.6 Å². The topological polar surface area (TPSA) is 18.5 Å². The summed E-state index contributed by atoms with van der Waals surface area (Å²) in [4.78, 5) is 0. The number of hydrogen-bond acceptors (Lipinski definition) is 2. The molecule has 2 nitrogen and oxygen atoms in total. The Hall–Kier alpha value is -8.84. The quantitative estimate of drug-likeness (QED) is 0.166. The second kappa shape index (κ2) is 19.3. The number of hydrogen-bond donors (Lipinski definition) is 0. The summed E-state index contributed by atoms with van der Waals surface area (Å²) in [7, 11) is 0. The Morgan fingerprint density at radius 2 is 0.367 bits per heavy atom. The molecule has 0 saturated heterocycles. The van der Waals surface area contributed by atoms with Crippen LogP contribution < -0.4 is 9.47 Å². The molecule has 278 valence electrons. The van der Waals surface area contributed by atoms with Gasteiger partial charge in [-0.15, -0.1) is 0 Å². The molecule has 0 aliphatic heterocycles. The highest BCUT2D eigenvalue weighted by Gasteiger charge is 2.09. The summed E-state index contributed by atoms with van der Waals surface area (Å²) < 4.78 is 13.3. The van der Waals surface area contributed by atoms with Gasteiger partial charge < -0.3 is 9.47 Å². The van der Waals surface area contributed by atoms with Crippen LogP contribution in [0.4, 0.5) is 0 Å². The van der Waals surface area contributed by atoms with Gasteiger partial charge in [-0.05, 0) is 109 Å². The maximum atomic E-state index is 6.63. The van der Waals surface area contributed by atoms with Gasteiger partial charge in [0, 0.05) is 61.7 Å². The predicted molar refractivity (Wildman–Crippen MR) is 242 cm³/mol. The van der Waals surface area contributed by atoms with Crippen LogP contribution in [0.5, 0.6) is 23.0 Å². The Bertz CT molecular complexity index is 2740. The molecule has 0 amide bonds. The van der Waals surface area contributed by atoms with E-state index >= 15 is 0 Å². The van der Waals surface area contributed by atoms with Gasteiger partial charge in [0.25, 0.3) is 0 Å². The smallest absolute Gasteiger partial charge is 0.132 e. The van der Waals surface area contributed by atoms with E-state index in [4.69, 9.17) is 9.47 Å². The second-order valence-electron chi connectivity index (χ2n) is 13.5. The minimum absolute atomic E-state index is 0.532. The van der Waals surface area contributed by atoms with E-state index in [1.165, 1.54) is 0 Å².